The first-order valence-corrected chi connectivity index (χ1v) is 9.15. The lowest BCUT2D eigenvalue weighted by atomic mass is 9.95. The molecule has 0 aliphatic carbocycles. The summed E-state index contributed by atoms with van der Waals surface area (Å²) in [6.07, 6.45) is 1.94. The van der Waals surface area contributed by atoms with Crippen molar-refractivity contribution in [1.29, 1.82) is 0 Å². The van der Waals surface area contributed by atoms with Crippen molar-refractivity contribution in [2.24, 2.45) is 4.99 Å². The predicted molar refractivity (Wildman–Crippen MR) is 98.8 cm³/mol. The SMILES string of the molecule is CCOC(=O)C1=C(C)N=C2SC=CN2[C@@H]1c1ccc(OC)c(Br)c1. The van der Waals surface area contributed by atoms with Crippen LogP contribution in [0.15, 0.2) is 50.5 Å². The molecule has 0 radical (unpaired) electrons. The van der Waals surface area contributed by atoms with E-state index in [4.69, 9.17) is 9.47 Å². The van der Waals surface area contributed by atoms with Gasteiger partial charge in [0.15, 0.2) is 5.17 Å². The van der Waals surface area contributed by atoms with Crippen molar-refractivity contribution in [3.63, 3.8) is 0 Å². The van der Waals surface area contributed by atoms with E-state index in [1.54, 1.807) is 25.8 Å². The fourth-order valence-electron chi connectivity index (χ4n) is 2.75. The topological polar surface area (TPSA) is 51.1 Å². The second kappa shape index (κ2) is 7.03. The van der Waals surface area contributed by atoms with Crippen molar-refractivity contribution in [3.05, 3.63) is 51.1 Å². The molecule has 2 aliphatic rings. The third kappa shape index (κ3) is 2.98. The molecular weight excluding hydrogens is 392 g/mol. The quantitative estimate of drug-likeness (QED) is 0.697. The van der Waals surface area contributed by atoms with Gasteiger partial charge in [-0.15, -0.1) is 0 Å². The number of benzene rings is 1. The summed E-state index contributed by atoms with van der Waals surface area (Å²) in [5, 5.41) is 2.82. The van der Waals surface area contributed by atoms with E-state index in [0.29, 0.717) is 17.9 Å². The first-order valence-electron chi connectivity index (χ1n) is 7.48. The molecule has 0 saturated carbocycles. The van der Waals surface area contributed by atoms with Crippen LogP contribution >= 0.6 is 27.7 Å². The van der Waals surface area contributed by atoms with Gasteiger partial charge in [-0.1, -0.05) is 17.8 Å². The van der Waals surface area contributed by atoms with Gasteiger partial charge in [0.05, 0.1) is 35.5 Å². The molecule has 0 bridgehead atoms. The molecular formula is C17H17BrN2O3S. The van der Waals surface area contributed by atoms with Crippen LogP contribution in [0.3, 0.4) is 0 Å². The van der Waals surface area contributed by atoms with Crippen LogP contribution in [-0.4, -0.2) is 29.8 Å². The Balaban J connectivity index is 2.10. The largest absolute Gasteiger partial charge is 0.496 e. The summed E-state index contributed by atoms with van der Waals surface area (Å²) in [4.78, 5) is 19.1. The van der Waals surface area contributed by atoms with Crippen LogP contribution in [0.5, 0.6) is 5.75 Å². The maximum Gasteiger partial charge on any atom is 0.338 e. The van der Waals surface area contributed by atoms with Crippen LogP contribution in [0.25, 0.3) is 0 Å². The average Bonchev–Trinajstić information content (AvgIpc) is 3.01. The number of esters is 1. The number of methoxy groups -OCH3 is 1. The maximum atomic E-state index is 12.5. The lowest BCUT2D eigenvalue weighted by Crippen LogP contribution is -2.34. The number of halogens is 1. The number of hydrogen-bond donors (Lipinski definition) is 0. The highest BCUT2D eigenvalue weighted by Crippen LogP contribution is 2.42. The molecule has 0 fully saturated rings. The van der Waals surface area contributed by atoms with Crippen LogP contribution in [-0.2, 0) is 9.53 Å². The number of carbonyl (C=O) groups is 1. The number of rotatable bonds is 4. The fourth-order valence-corrected chi connectivity index (χ4v) is 4.10. The normalized spacial score (nSPS) is 19.2. The highest BCUT2D eigenvalue weighted by Gasteiger charge is 2.37. The molecule has 1 aromatic rings. The molecule has 0 amide bonds. The third-order valence-electron chi connectivity index (χ3n) is 3.81. The number of nitrogens with zero attached hydrogens (tertiary/aromatic N) is 2. The molecule has 5 nitrogen and oxygen atoms in total. The standard InChI is InChI=1S/C17H17BrN2O3S/c1-4-23-16(21)14-10(2)19-17-20(7-8-24-17)15(14)11-5-6-13(22-3)12(18)9-11/h5-9,15H,4H2,1-3H3/t15-/m1/s1. The van der Waals surface area contributed by atoms with Gasteiger partial charge in [-0.2, -0.15) is 0 Å². The number of carbonyl (C=O) groups excluding carboxylic acids is 1. The highest BCUT2D eigenvalue weighted by atomic mass is 79.9. The van der Waals surface area contributed by atoms with Crippen molar-refractivity contribution < 1.29 is 14.3 Å². The molecule has 0 unspecified atom stereocenters. The number of amidine groups is 1. The Kier molecular flexibility index (Phi) is 5.01. The Labute approximate surface area is 153 Å². The van der Waals surface area contributed by atoms with Gasteiger partial charge in [-0.05, 0) is 52.9 Å². The fraction of sp³-hybridized carbons (Fsp3) is 0.294. The second-order valence-electron chi connectivity index (χ2n) is 5.22. The van der Waals surface area contributed by atoms with Gasteiger partial charge < -0.3 is 14.4 Å². The Morgan fingerprint density at radius 1 is 1.46 bits per heavy atom. The van der Waals surface area contributed by atoms with Gasteiger partial charge in [0.25, 0.3) is 0 Å². The molecule has 7 heteroatoms. The van der Waals surface area contributed by atoms with Crippen molar-refractivity contribution in [3.8, 4) is 5.75 Å². The second-order valence-corrected chi connectivity index (χ2v) is 6.95. The number of hydrogen-bond acceptors (Lipinski definition) is 6. The van der Waals surface area contributed by atoms with Gasteiger partial charge in [0.2, 0.25) is 0 Å². The van der Waals surface area contributed by atoms with Crippen LogP contribution in [0.2, 0.25) is 0 Å². The number of allylic oxidation sites excluding steroid dienone is 1. The van der Waals surface area contributed by atoms with Gasteiger partial charge in [-0.3, -0.25) is 0 Å². The summed E-state index contributed by atoms with van der Waals surface area (Å²) < 4.78 is 11.4. The zero-order valence-electron chi connectivity index (χ0n) is 13.6. The average molecular weight is 409 g/mol. The van der Waals surface area contributed by atoms with E-state index in [-0.39, 0.29) is 12.0 Å². The van der Waals surface area contributed by atoms with E-state index in [2.05, 4.69) is 20.9 Å². The Morgan fingerprint density at radius 2 is 2.25 bits per heavy atom. The summed E-state index contributed by atoms with van der Waals surface area (Å²) in [5.41, 5.74) is 2.21. The summed E-state index contributed by atoms with van der Waals surface area (Å²) in [5.74, 6) is 0.410. The minimum Gasteiger partial charge on any atom is -0.496 e. The van der Waals surface area contributed by atoms with Crippen LogP contribution in [0.1, 0.15) is 25.5 Å². The van der Waals surface area contributed by atoms with E-state index in [1.807, 2.05) is 41.6 Å². The molecule has 0 spiro atoms. The van der Waals surface area contributed by atoms with E-state index < -0.39 is 0 Å². The highest BCUT2D eigenvalue weighted by molar-refractivity contribution is 9.10. The first-order chi connectivity index (χ1) is 11.6. The van der Waals surface area contributed by atoms with Gasteiger partial charge >= 0.3 is 5.97 Å². The van der Waals surface area contributed by atoms with Crippen molar-refractivity contribution in [2.75, 3.05) is 13.7 Å². The molecule has 1 aromatic carbocycles. The van der Waals surface area contributed by atoms with E-state index in [9.17, 15) is 4.79 Å². The third-order valence-corrected chi connectivity index (χ3v) is 5.20. The Hall–Kier alpha value is -1.73. The molecule has 2 heterocycles. The molecule has 2 aliphatic heterocycles. The maximum absolute atomic E-state index is 12.5. The lowest BCUT2D eigenvalue weighted by molar-refractivity contribution is -0.139. The Morgan fingerprint density at radius 3 is 2.92 bits per heavy atom. The zero-order chi connectivity index (χ0) is 17.3. The zero-order valence-corrected chi connectivity index (χ0v) is 16.0. The van der Waals surface area contributed by atoms with E-state index >= 15 is 0 Å². The molecule has 0 N–H and O–H groups in total. The monoisotopic (exact) mass is 408 g/mol. The summed E-state index contributed by atoms with van der Waals surface area (Å²) in [7, 11) is 1.62. The number of ether oxygens (including phenoxy) is 2. The lowest BCUT2D eigenvalue weighted by Gasteiger charge is -2.33. The molecule has 0 saturated heterocycles. The summed E-state index contributed by atoms with van der Waals surface area (Å²) in [6, 6.07) is 5.54. The minimum atomic E-state index is -0.333. The molecule has 0 aromatic heterocycles. The number of fused-ring (bicyclic) bond motifs is 1. The van der Waals surface area contributed by atoms with Crippen molar-refractivity contribution in [2.45, 2.75) is 19.9 Å². The number of aliphatic imine (C=N–C) groups is 1. The Bertz CT molecular complexity index is 773. The molecule has 24 heavy (non-hydrogen) atoms. The molecule has 1 atom stereocenters. The predicted octanol–water partition coefficient (Wildman–Crippen LogP) is 4.23. The van der Waals surface area contributed by atoms with E-state index in [0.717, 1.165) is 21.0 Å². The van der Waals surface area contributed by atoms with Gasteiger partial charge in [0, 0.05) is 6.20 Å². The van der Waals surface area contributed by atoms with Gasteiger partial charge in [0.1, 0.15) is 5.75 Å². The van der Waals surface area contributed by atoms with Crippen molar-refractivity contribution >= 4 is 38.8 Å². The van der Waals surface area contributed by atoms with E-state index in [1.165, 1.54) is 0 Å². The number of thioether (sulfide) groups is 1. The van der Waals surface area contributed by atoms with Gasteiger partial charge in [-0.25, -0.2) is 9.79 Å². The smallest absolute Gasteiger partial charge is 0.338 e. The molecule has 126 valence electrons. The van der Waals surface area contributed by atoms with Crippen LogP contribution in [0, 0.1) is 0 Å². The first kappa shape index (κ1) is 17.1. The molecule has 3 rings (SSSR count). The minimum absolute atomic E-state index is 0.273. The van der Waals surface area contributed by atoms with Crippen molar-refractivity contribution in [1.82, 2.24) is 4.90 Å². The summed E-state index contributed by atoms with van der Waals surface area (Å²) in [6.45, 7) is 3.98. The van der Waals surface area contributed by atoms with Crippen LogP contribution < -0.4 is 4.74 Å². The van der Waals surface area contributed by atoms with Crippen LogP contribution in [0.4, 0.5) is 0 Å². The summed E-state index contributed by atoms with van der Waals surface area (Å²) >= 11 is 5.06.